The van der Waals surface area contributed by atoms with E-state index in [4.69, 9.17) is 5.11 Å². The number of hydrogen-bond donors (Lipinski definition) is 1. The Balaban J connectivity index is 2.20. The van der Waals surface area contributed by atoms with E-state index in [1.165, 1.54) is 15.8 Å². The van der Waals surface area contributed by atoms with Gasteiger partial charge < -0.3 is 5.11 Å². The van der Waals surface area contributed by atoms with Gasteiger partial charge in [-0.15, -0.1) is 11.3 Å². The molecule has 0 aromatic carbocycles. The van der Waals surface area contributed by atoms with E-state index in [0.29, 0.717) is 19.0 Å². The van der Waals surface area contributed by atoms with Gasteiger partial charge in [-0.2, -0.15) is 4.31 Å². The van der Waals surface area contributed by atoms with Crippen LogP contribution >= 0.6 is 11.3 Å². The molecule has 0 aliphatic carbocycles. The van der Waals surface area contributed by atoms with Crippen molar-refractivity contribution in [3.8, 4) is 0 Å². The van der Waals surface area contributed by atoms with Gasteiger partial charge in [-0.25, -0.2) is 13.2 Å². The number of carboxylic acids is 1. The predicted octanol–water partition coefficient (Wildman–Crippen LogP) is 3.04. The Morgan fingerprint density at radius 1 is 1.43 bits per heavy atom. The first-order chi connectivity index (χ1) is 9.96. The molecule has 2 rings (SSSR count). The van der Waals surface area contributed by atoms with E-state index < -0.39 is 16.0 Å². The highest BCUT2D eigenvalue weighted by Crippen LogP contribution is 2.29. The van der Waals surface area contributed by atoms with E-state index in [0.717, 1.165) is 43.4 Å². The summed E-state index contributed by atoms with van der Waals surface area (Å²) in [7, 11) is -3.69. The summed E-state index contributed by atoms with van der Waals surface area (Å²) in [6.07, 6.45) is 5.00. The SMILES string of the molecule is CCCC1CCCN(S(=O)(=O)c2ccsc2C(=O)O)CC1. The van der Waals surface area contributed by atoms with Crippen LogP contribution in [0.4, 0.5) is 0 Å². The van der Waals surface area contributed by atoms with Crippen LogP contribution in [0.3, 0.4) is 0 Å². The zero-order valence-electron chi connectivity index (χ0n) is 12.1. The van der Waals surface area contributed by atoms with Crippen molar-refractivity contribution in [2.75, 3.05) is 13.1 Å². The lowest BCUT2D eigenvalue weighted by Gasteiger charge is -2.20. The summed E-state index contributed by atoms with van der Waals surface area (Å²) in [4.78, 5) is 11.0. The van der Waals surface area contributed by atoms with Crippen LogP contribution in [-0.2, 0) is 10.0 Å². The summed E-state index contributed by atoms with van der Waals surface area (Å²) in [5.74, 6) is -0.598. The molecule has 2 heterocycles. The highest BCUT2D eigenvalue weighted by atomic mass is 32.2. The third-order valence-corrected chi connectivity index (χ3v) is 6.92. The Morgan fingerprint density at radius 3 is 2.86 bits per heavy atom. The molecule has 0 bridgehead atoms. The lowest BCUT2D eigenvalue weighted by molar-refractivity contribution is 0.0698. The summed E-state index contributed by atoms with van der Waals surface area (Å²) in [6, 6.07) is 1.40. The van der Waals surface area contributed by atoms with E-state index in [9.17, 15) is 13.2 Å². The lowest BCUT2D eigenvalue weighted by atomic mass is 9.96. The molecule has 1 atom stereocenters. The number of aromatic carboxylic acids is 1. The molecule has 21 heavy (non-hydrogen) atoms. The van der Waals surface area contributed by atoms with Crippen molar-refractivity contribution in [1.29, 1.82) is 0 Å². The average molecular weight is 331 g/mol. The van der Waals surface area contributed by atoms with Crippen LogP contribution in [0.1, 0.15) is 48.7 Å². The Bertz CT molecular complexity index is 594. The fraction of sp³-hybridized carbons (Fsp3) is 0.643. The normalized spacial score (nSPS) is 21.1. The van der Waals surface area contributed by atoms with E-state index >= 15 is 0 Å². The van der Waals surface area contributed by atoms with Gasteiger partial charge in [-0.3, -0.25) is 0 Å². The van der Waals surface area contributed by atoms with Crippen molar-refractivity contribution in [2.24, 2.45) is 5.92 Å². The van der Waals surface area contributed by atoms with Gasteiger partial charge in [0, 0.05) is 13.1 Å². The van der Waals surface area contributed by atoms with Gasteiger partial charge in [0.15, 0.2) is 0 Å². The molecule has 0 radical (unpaired) electrons. The van der Waals surface area contributed by atoms with Crippen LogP contribution in [0.5, 0.6) is 0 Å². The third kappa shape index (κ3) is 3.64. The van der Waals surface area contributed by atoms with Gasteiger partial charge in [-0.1, -0.05) is 19.8 Å². The molecule has 0 saturated carbocycles. The van der Waals surface area contributed by atoms with Crippen LogP contribution in [0.2, 0.25) is 0 Å². The quantitative estimate of drug-likeness (QED) is 0.900. The number of rotatable bonds is 5. The standard InChI is InChI=1S/C14H21NO4S2/c1-2-4-11-5-3-8-15(9-6-11)21(18,19)12-7-10-20-13(12)14(16)17/h7,10-11H,2-6,8-9H2,1H3,(H,16,17). The minimum atomic E-state index is -3.69. The van der Waals surface area contributed by atoms with Crippen LogP contribution < -0.4 is 0 Å². The average Bonchev–Trinajstić information content (AvgIpc) is 2.81. The molecule has 1 aliphatic rings. The largest absolute Gasteiger partial charge is 0.477 e. The summed E-state index contributed by atoms with van der Waals surface area (Å²) >= 11 is 0.957. The minimum absolute atomic E-state index is 0.0612. The molecule has 1 fully saturated rings. The highest BCUT2D eigenvalue weighted by molar-refractivity contribution is 7.89. The molecule has 0 spiro atoms. The van der Waals surface area contributed by atoms with Crippen LogP contribution in [0.15, 0.2) is 16.3 Å². The molecule has 1 aliphatic heterocycles. The van der Waals surface area contributed by atoms with E-state index in [1.807, 2.05) is 0 Å². The van der Waals surface area contributed by atoms with Crippen molar-refractivity contribution >= 4 is 27.3 Å². The van der Waals surface area contributed by atoms with Crippen molar-refractivity contribution in [3.05, 3.63) is 16.3 Å². The first kappa shape index (κ1) is 16.5. The second-order valence-electron chi connectivity index (χ2n) is 5.41. The molecule has 1 N–H and O–H groups in total. The molecule has 1 aromatic heterocycles. The highest BCUT2D eigenvalue weighted by Gasteiger charge is 2.31. The fourth-order valence-electron chi connectivity index (χ4n) is 2.87. The predicted molar refractivity (Wildman–Crippen MR) is 82.3 cm³/mol. The number of carbonyl (C=O) groups is 1. The maximum absolute atomic E-state index is 12.7. The molecule has 0 amide bonds. The summed E-state index contributed by atoms with van der Waals surface area (Å²) in [5, 5.41) is 10.6. The lowest BCUT2D eigenvalue weighted by Crippen LogP contribution is -2.32. The van der Waals surface area contributed by atoms with Gasteiger partial charge in [0.05, 0.1) is 0 Å². The summed E-state index contributed by atoms with van der Waals surface area (Å²) < 4.78 is 26.8. The molecule has 7 heteroatoms. The van der Waals surface area contributed by atoms with E-state index in [2.05, 4.69) is 6.92 Å². The van der Waals surface area contributed by atoms with Crippen molar-refractivity contribution in [1.82, 2.24) is 4.31 Å². The third-order valence-electron chi connectivity index (χ3n) is 3.94. The maximum Gasteiger partial charge on any atom is 0.347 e. The molecule has 5 nitrogen and oxygen atoms in total. The smallest absolute Gasteiger partial charge is 0.347 e. The van der Waals surface area contributed by atoms with Crippen LogP contribution in [-0.4, -0.2) is 36.9 Å². The second-order valence-corrected chi connectivity index (χ2v) is 8.23. The van der Waals surface area contributed by atoms with Gasteiger partial charge in [0.1, 0.15) is 9.77 Å². The first-order valence-electron chi connectivity index (χ1n) is 7.27. The monoisotopic (exact) mass is 331 g/mol. The molecular weight excluding hydrogens is 310 g/mol. The van der Waals surface area contributed by atoms with Crippen LogP contribution in [0.25, 0.3) is 0 Å². The summed E-state index contributed by atoms with van der Waals surface area (Å²) in [6.45, 7) is 3.11. The van der Waals surface area contributed by atoms with Gasteiger partial charge in [-0.05, 0) is 36.6 Å². The number of thiophene rings is 1. The van der Waals surface area contributed by atoms with Crippen molar-refractivity contribution in [2.45, 2.75) is 43.9 Å². The van der Waals surface area contributed by atoms with E-state index in [-0.39, 0.29) is 9.77 Å². The number of hydrogen-bond acceptors (Lipinski definition) is 4. The molecule has 1 saturated heterocycles. The van der Waals surface area contributed by atoms with Crippen molar-refractivity contribution in [3.63, 3.8) is 0 Å². The number of carboxylic acid groups (broad SMARTS) is 1. The Morgan fingerprint density at radius 2 is 2.19 bits per heavy atom. The zero-order valence-corrected chi connectivity index (χ0v) is 13.8. The van der Waals surface area contributed by atoms with Crippen LogP contribution in [0, 0.1) is 5.92 Å². The second kappa shape index (κ2) is 6.89. The number of sulfonamides is 1. The Hall–Kier alpha value is -0.920. The van der Waals surface area contributed by atoms with Gasteiger partial charge in [0.2, 0.25) is 10.0 Å². The molecule has 1 unspecified atom stereocenters. The Labute approximate surface area is 129 Å². The zero-order chi connectivity index (χ0) is 15.5. The summed E-state index contributed by atoms with van der Waals surface area (Å²) in [5.41, 5.74) is 0. The molecule has 118 valence electrons. The van der Waals surface area contributed by atoms with Gasteiger partial charge >= 0.3 is 5.97 Å². The fourth-order valence-corrected chi connectivity index (χ4v) is 5.60. The van der Waals surface area contributed by atoms with Crippen molar-refractivity contribution < 1.29 is 18.3 Å². The molecular formula is C14H21NO4S2. The maximum atomic E-state index is 12.7. The topological polar surface area (TPSA) is 74.7 Å². The minimum Gasteiger partial charge on any atom is -0.477 e. The van der Waals surface area contributed by atoms with Gasteiger partial charge in [0.25, 0.3) is 0 Å². The number of nitrogens with zero attached hydrogens (tertiary/aromatic N) is 1. The molecule has 1 aromatic rings. The first-order valence-corrected chi connectivity index (χ1v) is 9.59. The Kier molecular flexibility index (Phi) is 5.40. The van der Waals surface area contributed by atoms with E-state index in [1.54, 1.807) is 0 Å².